The molecule has 1 aromatic carbocycles. The molecule has 0 amide bonds. The van der Waals surface area contributed by atoms with E-state index in [1.807, 2.05) is 20.8 Å². The van der Waals surface area contributed by atoms with E-state index in [9.17, 15) is 4.39 Å². The zero-order chi connectivity index (χ0) is 11.6. The van der Waals surface area contributed by atoms with Gasteiger partial charge < -0.3 is 10.5 Å². The van der Waals surface area contributed by atoms with Crippen molar-refractivity contribution in [3.8, 4) is 5.75 Å². The van der Waals surface area contributed by atoms with Crippen LogP contribution in [0.2, 0.25) is 0 Å². The van der Waals surface area contributed by atoms with Crippen LogP contribution in [0.4, 0.5) is 4.39 Å². The summed E-state index contributed by atoms with van der Waals surface area (Å²) >= 11 is 0. The highest BCUT2D eigenvalue weighted by molar-refractivity contribution is 5.37. The number of hydrogen-bond donors (Lipinski definition) is 1. The minimum atomic E-state index is -0.287. The second-order valence-electron chi connectivity index (χ2n) is 4.73. The summed E-state index contributed by atoms with van der Waals surface area (Å²) in [7, 11) is 1.56. The van der Waals surface area contributed by atoms with E-state index in [1.54, 1.807) is 13.2 Å². The number of halogens is 1. The average Bonchev–Trinajstić information content (AvgIpc) is 2.15. The van der Waals surface area contributed by atoms with Crippen molar-refractivity contribution in [2.75, 3.05) is 7.11 Å². The van der Waals surface area contributed by atoms with Gasteiger partial charge in [0, 0.05) is 11.6 Å². The molecule has 15 heavy (non-hydrogen) atoms. The van der Waals surface area contributed by atoms with Crippen molar-refractivity contribution in [2.45, 2.75) is 26.8 Å². The zero-order valence-corrected chi connectivity index (χ0v) is 9.67. The lowest BCUT2D eigenvalue weighted by atomic mass is 9.83. The number of ether oxygens (including phenoxy) is 1. The van der Waals surface area contributed by atoms with Crippen molar-refractivity contribution >= 4 is 0 Å². The first-order valence-corrected chi connectivity index (χ1v) is 4.95. The summed E-state index contributed by atoms with van der Waals surface area (Å²) in [6.45, 7) is 6.05. The van der Waals surface area contributed by atoms with Crippen LogP contribution in [-0.2, 0) is 0 Å². The Labute approximate surface area is 90.2 Å². The van der Waals surface area contributed by atoms with Gasteiger partial charge in [0.2, 0.25) is 0 Å². The maximum atomic E-state index is 13.1. The molecule has 0 fully saturated rings. The first-order chi connectivity index (χ1) is 6.86. The summed E-state index contributed by atoms with van der Waals surface area (Å²) in [4.78, 5) is 0. The summed E-state index contributed by atoms with van der Waals surface area (Å²) in [5.74, 6) is 0.351. The molecule has 0 aromatic heterocycles. The van der Waals surface area contributed by atoms with Crippen LogP contribution in [0.25, 0.3) is 0 Å². The average molecular weight is 211 g/mol. The molecule has 1 rings (SSSR count). The highest BCUT2D eigenvalue weighted by Gasteiger charge is 2.25. The van der Waals surface area contributed by atoms with Gasteiger partial charge in [0.1, 0.15) is 11.6 Å². The van der Waals surface area contributed by atoms with E-state index in [0.29, 0.717) is 11.3 Å². The Morgan fingerprint density at radius 2 is 1.93 bits per heavy atom. The molecular formula is C12H18FNO. The molecule has 3 heteroatoms. The summed E-state index contributed by atoms with van der Waals surface area (Å²) in [6.07, 6.45) is 0. The van der Waals surface area contributed by atoms with Gasteiger partial charge in [-0.25, -0.2) is 4.39 Å². The topological polar surface area (TPSA) is 35.2 Å². The van der Waals surface area contributed by atoms with Gasteiger partial charge in [-0.05, 0) is 23.6 Å². The van der Waals surface area contributed by atoms with Crippen LogP contribution in [0.15, 0.2) is 18.2 Å². The Bertz CT molecular complexity index is 344. The van der Waals surface area contributed by atoms with Gasteiger partial charge in [-0.1, -0.05) is 20.8 Å². The molecule has 0 aliphatic carbocycles. The normalized spacial score (nSPS) is 13.7. The third-order valence-electron chi connectivity index (χ3n) is 2.46. The third-order valence-corrected chi connectivity index (χ3v) is 2.46. The summed E-state index contributed by atoms with van der Waals surface area (Å²) in [6, 6.07) is 4.17. The highest BCUT2D eigenvalue weighted by atomic mass is 19.1. The van der Waals surface area contributed by atoms with Gasteiger partial charge in [-0.15, -0.1) is 0 Å². The molecule has 0 aliphatic rings. The maximum absolute atomic E-state index is 13.1. The van der Waals surface area contributed by atoms with Gasteiger partial charge in [-0.2, -0.15) is 0 Å². The minimum Gasteiger partial charge on any atom is -0.496 e. The molecule has 1 unspecified atom stereocenters. The predicted molar refractivity (Wildman–Crippen MR) is 59.3 cm³/mol. The van der Waals surface area contributed by atoms with Gasteiger partial charge in [0.05, 0.1) is 7.11 Å². The van der Waals surface area contributed by atoms with Crippen LogP contribution in [0.1, 0.15) is 32.4 Å². The van der Waals surface area contributed by atoms with Gasteiger partial charge in [0.15, 0.2) is 0 Å². The molecule has 0 saturated heterocycles. The molecule has 1 atom stereocenters. The molecule has 0 radical (unpaired) electrons. The molecular weight excluding hydrogens is 193 g/mol. The van der Waals surface area contributed by atoms with Crippen LogP contribution in [0, 0.1) is 11.2 Å². The fraction of sp³-hybridized carbons (Fsp3) is 0.500. The molecule has 0 saturated carbocycles. The maximum Gasteiger partial charge on any atom is 0.123 e. The predicted octanol–water partition coefficient (Wildman–Crippen LogP) is 2.88. The van der Waals surface area contributed by atoms with Crippen molar-refractivity contribution in [3.63, 3.8) is 0 Å². The van der Waals surface area contributed by atoms with Crippen molar-refractivity contribution in [1.29, 1.82) is 0 Å². The van der Waals surface area contributed by atoms with E-state index in [0.717, 1.165) is 0 Å². The monoisotopic (exact) mass is 211 g/mol. The zero-order valence-electron chi connectivity index (χ0n) is 9.67. The lowest BCUT2D eigenvalue weighted by molar-refractivity contribution is 0.313. The van der Waals surface area contributed by atoms with E-state index < -0.39 is 0 Å². The number of hydrogen-bond acceptors (Lipinski definition) is 2. The minimum absolute atomic E-state index is 0.124. The first kappa shape index (κ1) is 12.0. The van der Waals surface area contributed by atoms with Crippen molar-refractivity contribution < 1.29 is 9.13 Å². The molecule has 0 spiro atoms. The van der Waals surface area contributed by atoms with E-state index in [-0.39, 0.29) is 17.3 Å². The van der Waals surface area contributed by atoms with Crippen LogP contribution in [0.3, 0.4) is 0 Å². The molecule has 1 aromatic rings. The largest absolute Gasteiger partial charge is 0.496 e. The van der Waals surface area contributed by atoms with Gasteiger partial charge in [0.25, 0.3) is 0 Å². The highest BCUT2D eigenvalue weighted by Crippen LogP contribution is 2.35. The number of benzene rings is 1. The number of methoxy groups -OCH3 is 1. The van der Waals surface area contributed by atoms with Crippen molar-refractivity contribution in [3.05, 3.63) is 29.6 Å². The molecule has 2 N–H and O–H groups in total. The van der Waals surface area contributed by atoms with Gasteiger partial charge >= 0.3 is 0 Å². The molecule has 0 heterocycles. The van der Waals surface area contributed by atoms with Crippen molar-refractivity contribution in [2.24, 2.45) is 11.1 Å². The Morgan fingerprint density at radius 3 is 2.40 bits per heavy atom. The Morgan fingerprint density at radius 1 is 1.33 bits per heavy atom. The quantitative estimate of drug-likeness (QED) is 0.816. The van der Waals surface area contributed by atoms with E-state index in [1.165, 1.54) is 12.1 Å². The molecule has 0 bridgehead atoms. The molecule has 84 valence electrons. The van der Waals surface area contributed by atoms with Crippen molar-refractivity contribution in [1.82, 2.24) is 0 Å². The first-order valence-electron chi connectivity index (χ1n) is 4.95. The van der Waals surface area contributed by atoms with Crippen LogP contribution in [0.5, 0.6) is 5.75 Å². The van der Waals surface area contributed by atoms with Crippen LogP contribution in [-0.4, -0.2) is 7.11 Å². The summed E-state index contributed by atoms with van der Waals surface area (Å²) in [5.41, 5.74) is 6.66. The van der Waals surface area contributed by atoms with Crippen LogP contribution >= 0.6 is 0 Å². The second-order valence-corrected chi connectivity index (χ2v) is 4.73. The summed E-state index contributed by atoms with van der Waals surface area (Å²) < 4.78 is 18.3. The lowest BCUT2D eigenvalue weighted by Crippen LogP contribution is -2.26. The standard InChI is InChI=1S/C12H18FNO/c1-12(2,3)11(14)9-7-8(13)5-6-10(9)15-4/h5-7,11H,14H2,1-4H3. The second kappa shape index (κ2) is 4.19. The Hall–Kier alpha value is -1.09. The summed E-state index contributed by atoms with van der Waals surface area (Å²) in [5, 5.41) is 0. The fourth-order valence-electron chi connectivity index (χ4n) is 1.41. The van der Waals surface area contributed by atoms with E-state index >= 15 is 0 Å². The molecule has 2 nitrogen and oxygen atoms in total. The Balaban J connectivity index is 3.17. The number of nitrogens with two attached hydrogens (primary N) is 1. The van der Waals surface area contributed by atoms with Gasteiger partial charge in [-0.3, -0.25) is 0 Å². The van der Waals surface area contributed by atoms with Crippen LogP contribution < -0.4 is 10.5 Å². The fourth-order valence-corrected chi connectivity index (χ4v) is 1.41. The number of rotatable bonds is 2. The lowest BCUT2D eigenvalue weighted by Gasteiger charge is -2.28. The van der Waals surface area contributed by atoms with E-state index in [4.69, 9.17) is 10.5 Å². The van der Waals surface area contributed by atoms with E-state index in [2.05, 4.69) is 0 Å². The molecule has 0 aliphatic heterocycles. The third kappa shape index (κ3) is 2.69. The Kier molecular flexibility index (Phi) is 3.35. The smallest absolute Gasteiger partial charge is 0.123 e. The SMILES string of the molecule is COc1ccc(F)cc1C(N)C(C)(C)C.